The Balaban J connectivity index is 1.26. The lowest BCUT2D eigenvalue weighted by atomic mass is 9.83. The minimum Gasteiger partial charge on any atom is -0.493 e. The number of rotatable bonds is 7. The molecule has 9 nitrogen and oxygen atoms in total. The molecule has 0 unspecified atom stereocenters. The highest BCUT2D eigenvalue weighted by molar-refractivity contribution is 5.89. The van der Waals surface area contributed by atoms with E-state index in [1.807, 2.05) is 30.7 Å². The molecule has 1 aliphatic rings. The van der Waals surface area contributed by atoms with Crippen LogP contribution < -0.4 is 4.74 Å². The lowest BCUT2D eigenvalue weighted by Gasteiger charge is -2.34. The number of H-pyrrole nitrogens is 1. The number of nitrogens with one attached hydrogen (secondary N) is 1. The van der Waals surface area contributed by atoms with Crippen LogP contribution >= 0.6 is 0 Å². The summed E-state index contributed by atoms with van der Waals surface area (Å²) in [5.41, 5.74) is 7.31. The van der Waals surface area contributed by atoms with Crippen LogP contribution in [-0.4, -0.2) is 59.6 Å². The van der Waals surface area contributed by atoms with Gasteiger partial charge in [-0.2, -0.15) is 5.10 Å². The molecule has 38 heavy (non-hydrogen) atoms. The highest BCUT2D eigenvalue weighted by Crippen LogP contribution is 2.39. The van der Waals surface area contributed by atoms with Crippen molar-refractivity contribution in [2.24, 2.45) is 0 Å². The molecule has 0 saturated heterocycles. The average Bonchev–Trinajstić information content (AvgIpc) is 3.57. The third-order valence-corrected chi connectivity index (χ3v) is 7.88. The van der Waals surface area contributed by atoms with E-state index in [0.717, 1.165) is 60.3 Å². The first kappa shape index (κ1) is 24.5. The molecule has 0 atom stereocenters. The van der Waals surface area contributed by atoms with E-state index in [1.165, 1.54) is 11.3 Å². The summed E-state index contributed by atoms with van der Waals surface area (Å²) in [4.78, 5) is 24.4. The summed E-state index contributed by atoms with van der Waals surface area (Å²) >= 11 is 0. The molecule has 0 aromatic carbocycles. The first-order valence-electron chi connectivity index (χ1n) is 13.4. The Morgan fingerprint density at radius 2 is 1.89 bits per heavy atom. The van der Waals surface area contributed by atoms with Crippen molar-refractivity contribution in [2.45, 2.75) is 64.0 Å². The van der Waals surface area contributed by atoms with E-state index in [4.69, 9.17) is 9.72 Å². The molecule has 0 spiro atoms. The summed E-state index contributed by atoms with van der Waals surface area (Å²) in [7, 11) is 3.85. The number of nitrogens with zero attached hydrogens (tertiary/aromatic N) is 7. The van der Waals surface area contributed by atoms with E-state index in [1.54, 1.807) is 18.0 Å². The Morgan fingerprint density at radius 1 is 1.11 bits per heavy atom. The zero-order valence-corrected chi connectivity index (χ0v) is 22.4. The quantitative estimate of drug-likeness (QED) is 0.315. The van der Waals surface area contributed by atoms with Crippen LogP contribution in [0.4, 0.5) is 0 Å². The Bertz CT molecular complexity index is 1550. The number of fused-ring (bicyclic) bond motifs is 2. The number of hydrogen-bond acceptors (Lipinski definition) is 7. The summed E-state index contributed by atoms with van der Waals surface area (Å²) < 4.78 is 7.38. The molecule has 1 saturated carbocycles. The zero-order valence-electron chi connectivity index (χ0n) is 22.4. The zero-order chi connectivity index (χ0) is 26.2. The molecule has 0 amide bonds. The van der Waals surface area contributed by atoms with Crippen molar-refractivity contribution in [1.29, 1.82) is 0 Å². The molecule has 0 bridgehead atoms. The largest absolute Gasteiger partial charge is 0.493 e. The van der Waals surface area contributed by atoms with E-state index in [2.05, 4.69) is 63.0 Å². The van der Waals surface area contributed by atoms with E-state index in [0.29, 0.717) is 29.3 Å². The van der Waals surface area contributed by atoms with Gasteiger partial charge in [-0.15, -0.1) is 0 Å². The van der Waals surface area contributed by atoms with Crippen LogP contribution in [0, 0.1) is 0 Å². The molecule has 0 aliphatic heterocycles. The minimum absolute atomic E-state index is 0.295. The standard InChI is InChI=1S/C29H34N8O/c1-18(2)26-27(20-14-24(38-4)29-32-17-33-37(29)15-20)35-23-11-10-22(34-28(23)26)19-6-8-21(9-7-19)36(3)16-25-30-12-5-13-31-25/h5,10-15,17-19,21,35H,6-9,16H2,1-4H3. The molecule has 1 N–H and O–H groups in total. The topological polar surface area (TPSA) is 97.1 Å². The van der Waals surface area contributed by atoms with E-state index in [-0.39, 0.29) is 0 Å². The van der Waals surface area contributed by atoms with Crippen LogP contribution in [0.1, 0.15) is 68.4 Å². The molecule has 5 heterocycles. The van der Waals surface area contributed by atoms with Crippen molar-refractivity contribution in [3.8, 4) is 17.0 Å². The number of pyridine rings is 2. The van der Waals surface area contributed by atoms with Crippen LogP contribution in [0.15, 0.2) is 49.2 Å². The van der Waals surface area contributed by atoms with E-state index in [9.17, 15) is 0 Å². The maximum Gasteiger partial charge on any atom is 0.197 e. The summed E-state index contributed by atoms with van der Waals surface area (Å²) in [6, 6.07) is 8.84. The molecule has 196 valence electrons. The summed E-state index contributed by atoms with van der Waals surface area (Å²) in [5, 5.41) is 4.34. The Labute approximate surface area is 222 Å². The number of aromatic nitrogens is 7. The van der Waals surface area contributed by atoms with Crippen LogP contribution in [0.3, 0.4) is 0 Å². The van der Waals surface area contributed by atoms with Crippen molar-refractivity contribution in [1.82, 2.24) is 39.4 Å². The van der Waals surface area contributed by atoms with Gasteiger partial charge in [-0.05, 0) is 62.9 Å². The summed E-state index contributed by atoms with van der Waals surface area (Å²) in [6.07, 6.45) is 11.8. The maximum absolute atomic E-state index is 5.62. The first-order valence-corrected chi connectivity index (χ1v) is 13.4. The Kier molecular flexibility index (Phi) is 6.53. The molecule has 0 radical (unpaired) electrons. The van der Waals surface area contributed by atoms with Crippen molar-refractivity contribution in [3.63, 3.8) is 0 Å². The maximum atomic E-state index is 5.62. The lowest BCUT2D eigenvalue weighted by Crippen LogP contribution is -2.35. The second-order valence-corrected chi connectivity index (χ2v) is 10.6. The summed E-state index contributed by atoms with van der Waals surface area (Å²) in [6.45, 7) is 5.24. The third kappa shape index (κ3) is 4.51. The van der Waals surface area contributed by atoms with Gasteiger partial charge in [0.2, 0.25) is 0 Å². The predicted octanol–water partition coefficient (Wildman–Crippen LogP) is 5.35. The van der Waals surface area contributed by atoms with Gasteiger partial charge in [0.05, 0.1) is 30.4 Å². The molecular formula is C29H34N8O. The smallest absolute Gasteiger partial charge is 0.197 e. The van der Waals surface area contributed by atoms with Gasteiger partial charge in [-0.1, -0.05) is 13.8 Å². The monoisotopic (exact) mass is 510 g/mol. The van der Waals surface area contributed by atoms with Gasteiger partial charge in [0.1, 0.15) is 12.2 Å². The third-order valence-electron chi connectivity index (χ3n) is 7.88. The normalized spacial score (nSPS) is 18.2. The second kappa shape index (κ2) is 10.1. The minimum atomic E-state index is 0.295. The van der Waals surface area contributed by atoms with Gasteiger partial charge in [0.25, 0.3) is 0 Å². The van der Waals surface area contributed by atoms with Crippen LogP contribution in [-0.2, 0) is 6.54 Å². The van der Waals surface area contributed by atoms with Gasteiger partial charge in [0.15, 0.2) is 11.4 Å². The van der Waals surface area contributed by atoms with Crippen molar-refractivity contribution < 1.29 is 4.74 Å². The molecule has 1 aliphatic carbocycles. The van der Waals surface area contributed by atoms with Gasteiger partial charge in [-0.3, -0.25) is 9.88 Å². The highest BCUT2D eigenvalue weighted by Gasteiger charge is 2.27. The number of ether oxygens (including phenoxy) is 1. The van der Waals surface area contributed by atoms with Crippen LogP contribution in [0.25, 0.3) is 27.9 Å². The van der Waals surface area contributed by atoms with Crippen molar-refractivity contribution in [2.75, 3.05) is 14.2 Å². The first-order chi connectivity index (χ1) is 18.5. The fourth-order valence-corrected chi connectivity index (χ4v) is 5.88. The predicted molar refractivity (Wildman–Crippen MR) is 147 cm³/mol. The van der Waals surface area contributed by atoms with Gasteiger partial charge in [0, 0.05) is 47.4 Å². The highest BCUT2D eigenvalue weighted by atomic mass is 16.5. The lowest BCUT2D eigenvalue weighted by molar-refractivity contribution is 0.171. The molecular weight excluding hydrogens is 476 g/mol. The van der Waals surface area contributed by atoms with Crippen molar-refractivity contribution >= 4 is 16.7 Å². The van der Waals surface area contributed by atoms with Crippen LogP contribution in [0.2, 0.25) is 0 Å². The van der Waals surface area contributed by atoms with E-state index < -0.39 is 0 Å². The molecule has 9 heteroatoms. The van der Waals surface area contributed by atoms with Crippen LogP contribution in [0.5, 0.6) is 5.75 Å². The molecule has 5 aromatic heterocycles. The number of aromatic amines is 1. The fourth-order valence-electron chi connectivity index (χ4n) is 5.88. The number of methoxy groups -OCH3 is 1. The van der Waals surface area contributed by atoms with E-state index >= 15 is 0 Å². The van der Waals surface area contributed by atoms with Gasteiger partial charge in [-0.25, -0.2) is 19.5 Å². The fraction of sp³-hybridized carbons (Fsp3) is 0.414. The molecule has 6 rings (SSSR count). The Morgan fingerprint density at radius 3 is 2.63 bits per heavy atom. The van der Waals surface area contributed by atoms with Crippen molar-refractivity contribution in [3.05, 3.63) is 66.3 Å². The summed E-state index contributed by atoms with van der Waals surface area (Å²) in [5.74, 6) is 2.35. The molecule has 1 fully saturated rings. The second-order valence-electron chi connectivity index (χ2n) is 10.6. The van der Waals surface area contributed by atoms with Gasteiger partial charge >= 0.3 is 0 Å². The molecule has 5 aromatic rings. The SMILES string of the molecule is COc1cc(-c2[nH]c3ccc(C4CCC(N(C)Cc5ncccn5)CC4)nc3c2C(C)C)cn2ncnc12. The number of hydrogen-bond donors (Lipinski definition) is 1. The average molecular weight is 511 g/mol. The Hall–Kier alpha value is -3.85. The van der Waals surface area contributed by atoms with Gasteiger partial charge < -0.3 is 9.72 Å².